The number of rotatable bonds is 4. The van der Waals surface area contributed by atoms with Gasteiger partial charge in [-0.1, -0.05) is 0 Å². The fourth-order valence-electron chi connectivity index (χ4n) is 1.24. The molecule has 0 radical (unpaired) electrons. The van der Waals surface area contributed by atoms with Crippen LogP contribution in [0.5, 0.6) is 0 Å². The van der Waals surface area contributed by atoms with Crippen molar-refractivity contribution in [2.45, 2.75) is 13.8 Å². The van der Waals surface area contributed by atoms with Crippen molar-refractivity contribution in [2.24, 2.45) is 0 Å². The van der Waals surface area contributed by atoms with Gasteiger partial charge in [0.05, 0.1) is 12.3 Å². The number of esters is 1. The number of amides is 1. The number of aromatic nitrogens is 2. The molecule has 2 rings (SSSR count). The summed E-state index contributed by atoms with van der Waals surface area (Å²) >= 11 is 2.41. The van der Waals surface area contributed by atoms with Gasteiger partial charge in [0.1, 0.15) is 5.69 Å². The van der Waals surface area contributed by atoms with Crippen molar-refractivity contribution in [2.75, 3.05) is 11.9 Å². The van der Waals surface area contributed by atoms with Gasteiger partial charge >= 0.3 is 5.97 Å². The van der Waals surface area contributed by atoms with E-state index in [1.54, 1.807) is 6.92 Å². The molecule has 100 valence electrons. The quantitative estimate of drug-likeness (QED) is 0.876. The van der Waals surface area contributed by atoms with Crippen LogP contribution >= 0.6 is 22.7 Å². The lowest BCUT2D eigenvalue weighted by atomic mass is 10.4. The van der Waals surface area contributed by atoms with Gasteiger partial charge < -0.3 is 4.74 Å². The highest BCUT2D eigenvalue weighted by atomic mass is 32.1. The van der Waals surface area contributed by atoms with Gasteiger partial charge in [-0.3, -0.25) is 10.1 Å². The predicted octanol–water partition coefficient (Wildman–Crippen LogP) is 2.34. The molecular formula is C11H11N3O3S2. The minimum Gasteiger partial charge on any atom is -0.461 e. The zero-order valence-corrected chi connectivity index (χ0v) is 11.9. The van der Waals surface area contributed by atoms with E-state index in [-0.39, 0.29) is 23.2 Å². The van der Waals surface area contributed by atoms with Gasteiger partial charge in [-0.2, -0.15) is 0 Å². The molecule has 0 aliphatic carbocycles. The second kappa shape index (κ2) is 5.89. The van der Waals surface area contributed by atoms with Gasteiger partial charge in [-0.25, -0.2) is 14.8 Å². The first kappa shape index (κ1) is 13.6. The summed E-state index contributed by atoms with van der Waals surface area (Å²) in [5, 5.41) is 6.65. The Morgan fingerprint density at radius 3 is 2.74 bits per heavy atom. The van der Waals surface area contributed by atoms with Crippen LogP contribution in [0.25, 0.3) is 0 Å². The number of nitrogens with one attached hydrogen (secondary N) is 1. The highest BCUT2D eigenvalue weighted by molar-refractivity contribution is 7.14. The smallest absolute Gasteiger partial charge is 0.367 e. The van der Waals surface area contributed by atoms with E-state index < -0.39 is 5.97 Å². The first-order valence-corrected chi connectivity index (χ1v) is 7.22. The normalized spacial score (nSPS) is 10.2. The maximum Gasteiger partial charge on any atom is 0.367 e. The topological polar surface area (TPSA) is 81.2 Å². The Morgan fingerprint density at radius 1 is 1.32 bits per heavy atom. The maximum atomic E-state index is 11.9. The molecule has 6 nitrogen and oxygen atoms in total. The molecule has 1 amide bonds. The number of nitrogens with zero attached hydrogens (tertiary/aromatic N) is 2. The molecule has 0 aliphatic rings. The number of ether oxygens (including phenoxy) is 1. The Morgan fingerprint density at radius 2 is 2.11 bits per heavy atom. The van der Waals surface area contributed by atoms with E-state index >= 15 is 0 Å². The van der Waals surface area contributed by atoms with E-state index in [2.05, 4.69) is 15.3 Å². The van der Waals surface area contributed by atoms with Crippen LogP contribution in [-0.4, -0.2) is 28.5 Å². The van der Waals surface area contributed by atoms with Crippen molar-refractivity contribution < 1.29 is 14.3 Å². The number of carbonyl (C=O) groups is 2. The maximum absolute atomic E-state index is 11.9. The standard InChI is InChI=1S/C11H11N3O3S2/c1-3-17-10(16)9-13-7(5-18-9)8(15)14-11-12-6(2)4-19-11/h4-5H,3H2,1-2H3,(H,12,14,15). The molecule has 0 spiro atoms. The molecule has 2 heterocycles. The molecule has 0 saturated heterocycles. The molecule has 2 aromatic rings. The summed E-state index contributed by atoms with van der Waals surface area (Å²) < 4.78 is 4.81. The third-order valence-electron chi connectivity index (χ3n) is 2.03. The number of anilines is 1. The SMILES string of the molecule is CCOC(=O)c1nc(C(=O)Nc2nc(C)cs2)cs1. The second-order valence-electron chi connectivity index (χ2n) is 3.51. The summed E-state index contributed by atoms with van der Waals surface area (Å²) in [4.78, 5) is 31.3. The van der Waals surface area contributed by atoms with Gasteiger partial charge in [-0.15, -0.1) is 22.7 Å². The fraction of sp³-hybridized carbons (Fsp3) is 0.273. The van der Waals surface area contributed by atoms with Crippen molar-refractivity contribution in [3.63, 3.8) is 0 Å². The summed E-state index contributed by atoms with van der Waals surface area (Å²) in [5.74, 6) is -0.905. The number of thiazole rings is 2. The zero-order chi connectivity index (χ0) is 13.8. The van der Waals surface area contributed by atoms with Crippen LogP contribution < -0.4 is 5.32 Å². The van der Waals surface area contributed by atoms with Gasteiger partial charge in [0, 0.05) is 10.8 Å². The van der Waals surface area contributed by atoms with E-state index in [9.17, 15) is 9.59 Å². The van der Waals surface area contributed by atoms with E-state index in [0.29, 0.717) is 5.13 Å². The lowest BCUT2D eigenvalue weighted by molar-refractivity contribution is 0.0526. The molecule has 0 saturated carbocycles. The lowest BCUT2D eigenvalue weighted by Gasteiger charge is -1.97. The third-order valence-corrected chi connectivity index (χ3v) is 3.72. The minimum absolute atomic E-state index is 0.169. The van der Waals surface area contributed by atoms with Crippen molar-refractivity contribution in [3.8, 4) is 0 Å². The molecule has 2 aromatic heterocycles. The highest BCUT2D eigenvalue weighted by Gasteiger charge is 2.17. The molecule has 8 heteroatoms. The van der Waals surface area contributed by atoms with Crippen molar-refractivity contribution >= 4 is 39.7 Å². The van der Waals surface area contributed by atoms with Gasteiger partial charge in [0.25, 0.3) is 5.91 Å². The van der Waals surface area contributed by atoms with E-state index in [4.69, 9.17) is 4.74 Å². The number of hydrogen-bond donors (Lipinski definition) is 1. The largest absolute Gasteiger partial charge is 0.461 e. The summed E-state index contributed by atoms with van der Waals surface area (Å²) in [5.41, 5.74) is 1.02. The zero-order valence-electron chi connectivity index (χ0n) is 10.3. The number of aryl methyl sites for hydroxylation is 1. The van der Waals surface area contributed by atoms with Crippen molar-refractivity contribution in [1.29, 1.82) is 0 Å². The van der Waals surface area contributed by atoms with E-state index in [0.717, 1.165) is 17.0 Å². The minimum atomic E-state index is -0.517. The third kappa shape index (κ3) is 3.36. The summed E-state index contributed by atoms with van der Waals surface area (Å²) in [7, 11) is 0. The molecular weight excluding hydrogens is 286 g/mol. The first-order valence-electron chi connectivity index (χ1n) is 5.46. The van der Waals surface area contributed by atoms with Gasteiger partial charge in [-0.05, 0) is 13.8 Å². The Kier molecular flexibility index (Phi) is 4.23. The Labute approximate surface area is 117 Å². The van der Waals surface area contributed by atoms with Crippen LogP contribution in [0.1, 0.15) is 32.9 Å². The monoisotopic (exact) mass is 297 g/mol. The predicted molar refractivity (Wildman–Crippen MR) is 72.9 cm³/mol. The molecule has 0 fully saturated rings. The van der Waals surface area contributed by atoms with Crippen LogP contribution in [-0.2, 0) is 4.74 Å². The van der Waals surface area contributed by atoms with Crippen LogP contribution in [0.3, 0.4) is 0 Å². The Hall–Kier alpha value is -1.80. The molecule has 0 aliphatic heterocycles. The van der Waals surface area contributed by atoms with E-state index in [1.807, 2.05) is 12.3 Å². The number of carbonyl (C=O) groups excluding carboxylic acids is 2. The average Bonchev–Trinajstić information content (AvgIpc) is 2.98. The number of hydrogen-bond acceptors (Lipinski definition) is 7. The Balaban J connectivity index is 2.06. The molecule has 0 atom stereocenters. The molecule has 0 bridgehead atoms. The van der Waals surface area contributed by atoms with E-state index in [1.165, 1.54) is 16.7 Å². The molecule has 19 heavy (non-hydrogen) atoms. The lowest BCUT2D eigenvalue weighted by Crippen LogP contribution is -2.13. The first-order chi connectivity index (χ1) is 9.10. The fourth-order valence-corrected chi connectivity index (χ4v) is 2.61. The Bertz CT molecular complexity index is 606. The second-order valence-corrected chi connectivity index (χ2v) is 5.22. The van der Waals surface area contributed by atoms with Crippen LogP contribution in [0.2, 0.25) is 0 Å². The van der Waals surface area contributed by atoms with Crippen LogP contribution in [0.4, 0.5) is 5.13 Å². The van der Waals surface area contributed by atoms with Crippen LogP contribution in [0.15, 0.2) is 10.8 Å². The summed E-state index contributed by atoms with van der Waals surface area (Å²) in [6.45, 7) is 3.83. The molecule has 0 aromatic carbocycles. The summed E-state index contributed by atoms with van der Waals surface area (Å²) in [6.07, 6.45) is 0. The van der Waals surface area contributed by atoms with Crippen molar-refractivity contribution in [3.05, 3.63) is 27.2 Å². The van der Waals surface area contributed by atoms with Gasteiger partial charge in [0.15, 0.2) is 5.13 Å². The van der Waals surface area contributed by atoms with Crippen LogP contribution in [0, 0.1) is 6.92 Å². The average molecular weight is 297 g/mol. The van der Waals surface area contributed by atoms with Crippen molar-refractivity contribution in [1.82, 2.24) is 9.97 Å². The summed E-state index contributed by atoms with van der Waals surface area (Å²) in [6, 6.07) is 0. The van der Waals surface area contributed by atoms with Gasteiger partial charge in [0.2, 0.25) is 5.01 Å². The highest BCUT2D eigenvalue weighted by Crippen LogP contribution is 2.17. The molecule has 0 unspecified atom stereocenters. The molecule has 1 N–H and O–H groups in total.